The molecule has 0 amide bonds. The minimum Gasteiger partial charge on any atom is -0.372 e. The molecule has 1 heterocycles. The van der Waals surface area contributed by atoms with Gasteiger partial charge >= 0.3 is 0 Å². The molecule has 0 aromatic rings. The largest absolute Gasteiger partial charge is 0.372 e. The van der Waals surface area contributed by atoms with Crippen LogP contribution in [-0.2, 0) is 9.26 Å². The third-order valence-corrected chi connectivity index (χ3v) is 2.98. The van der Waals surface area contributed by atoms with E-state index in [2.05, 4.69) is 18.5 Å². The van der Waals surface area contributed by atoms with Gasteiger partial charge in [0.05, 0.1) is 18.3 Å². The zero-order valence-corrected chi connectivity index (χ0v) is 9.80. The smallest absolute Gasteiger partial charge is 0.169 e. The molecule has 1 fully saturated rings. The first-order valence-electron chi connectivity index (χ1n) is 4.45. The summed E-state index contributed by atoms with van der Waals surface area (Å²) in [5.74, 6) is 0. The lowest BCUT2D eigenvalue weighted by molar-refractivity contribution is 0.0227. The van der Waals surface area contributed by atoms with Crippen molar-refractivity contribution in [2.45, 2.75) is 45.0 Å². The number of hydrogen-bond donors (Lipinski definition) is 2. The second-order valence-corrected chi connectivity index (χ2v) is 6.85. The first-order chi connectivity index (χ1) is 5.92. The van der Waals surface area contributed by atoms with Crippen molar-refractivity contribution in [2.75, 3.05) is 0 Å². The standard InChI is InChI=1S/C8H17O3PS/c1-4-7-8(5-6(2)10-7)11-12(3,9)13/h6-9,13H,3-5H2,1-2H3/t6-,7+,8?,12?/m0/s1. The fourth-order valence-electron chi connectivity index (χ4n) is 1.61. The molecule has 0 bridgehead atoms. The summed E-state index contributed by atoms with van der Waals surface area (Å²) in [6.45, 7) is 1.37. The normalized spacial score (nSPS) is 38.9. The van der Waals surface area contributed by atoms with Crippen molar-refractivity contribution in [1.29, 1.82) is 0 Å². The summed E-state index contributed by atoms with van der Waals surface area (Å²) in [5, 5.41) is 0. The highest BCUT2D eigenvalue weighted by Gasteiger charge is 2.34. The monoisotopic (exact) mass is 224 g/mol. The van der Waals surface area contributed by atoms with Crippen LogP contribution in [0.5, 0.6) is 0 Å². The molecule has 13 heavy (non-hydrogen) atoms. The third-order valence-electron chi connectivity index (χ3n) is 2.09. The van der Waals surface area contributed by atoms with Crippen molar-refractivity contribution in [1.82, 2.24) is 0 Å². The Labute approximate surface area is 84.7 Å². The highest BCUT2D eigenvalue weighted by molar-refractivity contribution is 8.47. The summed E-state index contributed by atoms with van der Waals surface area (Å²) in [4.78, 5) is 9.36. The number of hydrogen-bond acceptors (Lipinski definition) is 4. The van der Waals surface area contributed by atoms with Crippen LogP contribution in [0.2, 0.25) is 0 Å². The Bertz CT molecular complexity index is 215. The zero-order valence-electron chi connectivity index (χ0n) is 8.01. The molecule has 1 aliphatic heterocycles. The maximum absolute atomic E-state index is 9.36. The van der Waals surface area contributed by atoms with Crippen molar-refractivity contribution >= 4 is 25.1 Å². The lowest BCUT2D eigenvalue weighted by Crippen LogP contribution is -2.21. The van der Waals surface area contributed by atoms with Crippen LogP contribution in [0.1, 0.15) is 26.7 Å². The number of ether oxygens (including phenoxy) is 1. The quantitative estimate of drug-likeness (QED) is 0.569. The van der Waals surface area contributed by atoms with Crippen LogP contribution in [0.4, 0.5) is 0 Å². The molecule has 1 aliphatic rings. The third kappa shape index (κ3) is 3.64. The van der Waals surface area contributed by atoms with Crippen LogP contribution >= 0.6 is 18.8 Å². The van der Waals surface area contributed by atoms with E-state index in [4.69, 9.17) is 9.26 Å². The van der Waals surface area contributed by atoms with Crippen LogP contribution in [0.15, 0.2) is 0 Å². The average Bonchev–Trinajstić information content (AvgIpc) is 2.27. The van der Waals surface area contributed by atoms with Crippen molar-refractivity contribution < 1.29 is 14.2 Å². The molecule has 5 heteroatoms. The topological polar surface area (TPSA) is 38.7 Å². The van der Waals surface area contributed by atoms with Gasteiger partial charge in [0.1, 0.15) is 0 Å². The van der Waals surface area contributed by atoms with E-state index in [1.54, 1.807) is 0 Å². The van der Waals surface area contributed by atoms with E-state index in [1.165, 1.54) is 0 Å². The van der Waals surface area contributed by atoms with Crippen molar-refractivity contribution in [3.05, 3.63) is 0 Å². The molecule has 2 unspecified atom stereocenters. The van der Waals surface area contributed by atoms with Crippen molar-refractivity contribution in [3.63, 3.8) is 0 Å². The average molecular weight is 224 g/mol. The van der Waals surface area contributed by atoms with Crippen LogP contribution in [0, 0.1) is 0 Å². The SMILES string of the molecule is C=P(O)(S)OC1C[C@H](C)O[C@@H]1CC. The predicted octanol–water partition coefficient (Wildman–Crippen LogP) is 2.08. The molecule has 3 nitrogen and oxygen atoms in total. The Kier molecular flexibility index (Phi) is 3.90. The summed E-state index contributed by atoms with van der Waals surface area (Å²) in [5.41, 5.74) is 0. The summed E-state index contributed by atoms with van der Waals surface area (Å²) < 4.78 is 11.0. The molecule has 1 rings (SSSR count). The predicted molar refractivity (Wildman–Crippen MR) is 59.4 cm³/mol. The molecule has 0 saturated carbocycles. The maximum Gasteiger partial charge on any atom is 0.169 e. The lowest BCUT2D eigenvalue weighted by Gasteiger charge is -2.21. The zero-order chi connectivity index (χ0) is 10.1. The molecule has 78 valence electrons. The molecule has 0 aromatic heterocycles. The highest BCUT2D eigenvalue weighted by Crippen LogP contribution is 2.49. The minimum absolute atomic E-state index is 0.0478. The molecule has 0 aromatic carbocycles. The van der Waals surface area contributed by atoms with E-state index in [9.17, 15) is 4.89 Å². The van der Waals surface area contributed by atoms with Crippen molar-refractivity contribution in [3.8, 4) is 0 Å². The van der Waals surface area contributed by atoms with Gasteiger partial charge < -0.3 is 14.2 Å². The molecular formula is C8H17O3PS. The fraction of sp³-hybridized carbons (Fsp3) is 0.875. The van der Waals surface area contributed by atoms with E-state index >= 15 is 0 Å². The Balaban J connectivity index is 2.54. The van der Waals surface area contributed by atoms with E-state index in [1.807, 2.05) is 13.8 Å². The van der Waals surface area contributed by atoms with Gasteiger partial charge in [-0.15, -0.1) is 0 Å². The van der Waals surface area contributed by atoms with Crippen LogP contribution in [0.25, 0.3) is 0 Å². The van der Waals surface area contributed by atoms with Crippen LogP contribution < -0.4 is 0 Å². The Hall–Kier alpha value is 0.530. The second-order valence-electron chi connectivity index (χ2n) is 3.44. The molecular weight excluding hydrogens is 207 g/mol. The van der Waals surface area contributed by atoms with Gasteiger partial charge in [0.2, 0.25) is 0 Å². The maximum atomic E-state index is 9.36. The summed E-state index contributed by atoms with van der Waals surface area (Å²) >= 11 is 3.92. The summed E-state index contributed by atoms with van der Waals surface area (Å²) in [7, 11) is 0. The van der Waals surface area contributed by atoms with Gasteiger partial charge in [-0.05, 0) is 19.6 Å². The number of thiol groups is 1. The minimum atomic E-state index is -2.68. The van der Waals surface area contributed by atoms with Gasteiger partial charge in [-0.1, -0.05) is 19.2 Å². The van der Waals surface area contributed by atoms with Crippen LogP contribution in [0.3, 0.4) is 0 Å². The Morgan fingerprint density at radius 2 is 2.38 bits per heavy atom. The van der Waals surface area contributed by atoms with Gasteiger partial charge in [0.15, 0.2) is 6.54 Å². The number of rotatable bonds is 3. The van der Waals surface area contributed by atoms with Crippen LogP contribution in [-0.4, -0.2) is 29.5 Å². The molecule has 0 aliphatic carbocycles. The van der Waals surface area contributed by atoms with E-state index in [0.29, 0.717) is 0 Å². The Morgan fingerprint density at radius 1 is 1.77 bits per heavy atom. The Morgan fingerprint density at radius 3 is 2.85 bits per heavy atom. The highest BCUT2D eigenvalue weighted by atomic mass is 32.7. The van der Waals surface area contributed by atoms with Gasteiger partial charge in [-0.2, -0.15) is 0 Å². The van der Waals surface area contributed by atoms with Gasteiger partial charge in [0, 0.05) is 6.42 Å². The van der Waals surface area contributed by atoms with Gasteiger partial charge in [0.25, 0.3) is 0 Å². The van der Waals surface area contributed by atoms with Gasteiger partial charge in [-0.3, -0.25) is 0 Å². The molecule has 1 saturated heterocycles. The fourth-order valence-corrected chi connectivity index (χ4v) is 2.63. The summed E-state index contributed by atoms with van der Waals surface area (Å²) in [6.07, 6.45) is 5.42. The molecule has 0 radical (unpaired) electrons. The molecule has 1 N–H and O–H groups in total. The molecule has 4 atom stereocenters. The first-order valence-corrected chi connectivity index (χ1v) is 7.45. The lowest BCUT2D eigenvalue weighted by atomic mass is 10.1. The van der Waals surface area contributed by atoms with E-state index in [0.717, 1.165) is 12.8 Å². The summed E-state index contributed by atoms with van der Waals surface area (Å²) in [6, 6.07) is 0. The first kappa shape index (κ1) is 11.6. The second kappa shape index (κ2) is 4.37. The van der Waals surface area contributed by atoms with Gasteiger partial charge in [-0.25, -0.2) is 0 Å². The molecule has 0 spiro atoms. The van der Waals surface area contributed by atoms with Crippen molar-refractivity contribution in [2.24, 2.45) is 0 Å². The van der Waals surface area contributed by atoms with E-state index in [-0.39, 0.29) is 18.3 Å². The van der Waals surface area contributed by atoms with E-state index < -0.39 is 6.54 Å².